The number of ether oxygens (including phenoxy) is 2. The predicted octanol–water partition coefficient (Wildman–Crippen LogP) is 2.06. The summed E-state index contributed by atoms with van der Waals surface area (Å²) in [7, 11) is 3.13. The van der Waals surface area contributed by atoms with Gasteiger partial charge in [0.15, 0.2) is 0 Å². The van der Waals surface area contributed by atoms with Crippen LogP contribution in [0.1, 0.15) is 11.1 Å². The highest BCUT2D eigenvalue weighted by atomic mass is 35.5. The molecule has 5 heteroatoms. The average molecular weight is 232 g/mol. The monoisotopic (exact) mass is 231 g/mol. The molecule has 1 rings (SSSR count). The van der Waals surface area contributed by atoms with Crippen LogP contribution in [-0.2, 0) is 11.4 Å². The predicted molar refractivity (Wildman–Crippen MR) is 58.3 cm³/mol. The van der Waals surface area contributed by atoms with Crippen LogP contribution in [0, 0.1) is 6.92 Å². The lowest BCUT2D eigenvalue weighted by molar-refractivity contribution is 0.122. The van der Waals surface area contributed by atoms with E-state index in [0.29, 0.717) is 22.1 Å². The third-order valence-corrected chi connectivity index (χ3v) is 2.52. The summed E-state index contributed by atoms with van der Waals surface area (Å²) in [5, 5.41) is 0.472. The summed E-state index contributed by atoms with van der Waals surface area (Å²) in [6, 6.07) is 1.83. The standard InChI is InChI=1S/C10H14ClNO3/c1-6-4-8(13-2)7(5-15-12)9(11)10(6)14-3/h4H,5,12H2,1-3H3. The Morgan fingerprint density at radius 1 is 1.33 bits per heavy atom. The van der Waals surface area contributed by atoms with Crippen molar-refractivity contribution in [3.8, 4) is 11.5 Å². The van der Waals surface area contributed by atoms with Gasteiger partial charge in [0.05, 0.1) is 25.8 Å². The molecule has 0 spiro atoms. The first-order valence-electron chi connectivity index (χ1n) is 4.37. The smallest absolute Gasteiger partial charge is 0.141 e. The van der Waals surface area contributed by atoms with Crippen LogP contribution in [0.25, 0.3) is 0 Å². The first kappa shape index (κ1) is 12.1. The molecule has 0 atom stereocenters. The minimum atomic E-state index is 0.179. The summed E-state index contributed by atoms with van der Waals surface area (Å²) >= 11 is 6.14. The zero-order valence-corrected chi connectivity index (χ0v) is 9.72. The Kier molecular flexibility index (Phi) is 4.20. The Morgan fingerprint density at radius 3 is 2.47 bits per heavy atom. The molecule has 15 heavy (non-hydrogen) atoms. The topological polar surface area (TPSA) is 53.7 Å². The number of nitrogens with two attached hydrogens (primary N) is 1. The number of benzene rings is 1. The molecule has 0 aliphatic heterocycles. The van der Waals surface area contributed by atoms with E-state index in [4.69, 9.17) is 27.0 Å². The zero-order valence-electron chi connectivity index (χ0n) is 8.96. The lowest BCUT2D eigenvalue weighted by atomic mass is 10.1. The first-order chi connectivity index (χ1) is 7.15. The van der Waals surface area contributed by atoms with Gasteiger partial charge >= 0.3 is 0 Å². The molecule has 0 amide bonds. The van der Waals surface area contributed by atoms with Gasteiger partial charge in [0.1, 0.15) is 11.5 Å². The second-order valence-corrected chi connectivity index (χ2v) is 3.41. The van der Waals surface area contributed by atoms with Gasteiger partial charge in [-0.2, -0.15) is 0 Å². The molecular weight excluding hydrogens is 218 g/mol. The highest BCUT2D eigenvalue weighted by Gasteiger charge is 2.15. The van der Waals surface area contributed by atoms with Crippen molar-refractivity contribution in [2.75, 3.05) is 14.2 Å². The maximum Gasteiger partial charge on any atom is 0.141 e. The lowest BCUT2D eigenvalue weighted by Crippen LogP contribution is -2.03. The van der Waals surface area contributed by atoms with Crippen LogP contribution < -0.4 is 15.4 Å². The number of rotatable bonds is 4. The Morgan fingerprint density at radius 2 is 2.00 bits per heavy atom. The number of halogens is 1. The van der Waals surface area contributed by atoms with Gasteiger partial charge in [-0.1, -0.05) is 11.6 Å². The van der Waals surface area contributed by atoms with Crippen molar-refractivity contribution < 1.29 is 14.3 Å². The molecule has 0 unspecified atom stereocenters. The summed E-state index contributed by atoms with van der Waals surface area (Å²) in [5.74, 6) is 6.29. The molecule has 0 aliphatic carbocycles. The van der Waals surface area contributed by atoms with Gasteiger partial charge in [-0.3, -0.25) is 4.84 Å². The number of aryl methyl sites for hydroxylation is 1. The molecule has 1 aromatic carbocycles. The average Bonchev–Trinajstić information content (AvgIpc) is 2.22. The van der Waals surface area contributed by atoms with E-state index in [9.17, 15) is 0 Å². The summed E-state index contributed by atoms with van der Waals surface area (Å²) in [6.45, 7) is 2.07. The second kappa shape index (κ2) is 5.21. The minimum Gasteiger partial charge on any atom is -0.496 e. The second-order valence-electron chi connectivity index (χ2n) is 3.03. The van der Waals surface area contributed by atoms with E-state index >= 15 is 0 Å². The summed E-state index contributed by atoms with van der Waals surface area (Å²) in [6.07, 6.45) is 0. The van der Waals surface area contributed by atoms with Crippen molar-refractivity contribution in [3.63, 3.8) is 0 Å². The van der Waals surface area contributed by atoms with Crippen LogP contribution in [-0.4, -0.2) is 14.2 Å². The summed E-state index contributed by atoms with van der Waals surface area (Å²) in [4.78, 5) is 4.57. The van der Waals surface area contributed by atoms with E-state index in [2.05, 4.69) is 4.84 Å². The molecule has 0 fully saturated rings. The van der Waals surface area contributed by atoms with Crippen molar-refractivity contribution in [2.45, 2.75) is 13.5 Å². The highest BCUT2D eigenvalue weighted by Crippen LogP contribution is 2.38. The molecule has 0 radical (unpaired) electrons. The Labute approximate surface area is 93.8 Å². The van der Waals surface area contributed by atoms with Crippen LogP contribution >= 0.6 is 11.6 Å². The largest absolute Gasteiger partial charge is 0.496 e. The first-order valence-corrected chi connectivity index (χ1v) is 4.75. The molecule has 84 valence electrons. The fraction of sp³-hybridized carbons (Fsp3) is 0.400. The number of methoxy groups -OCH3 is 2. The normalized spacial score (nSPS) is 10.2. The number of hydrogen-bond acceptors (Lipinski definition) is 4. The summed E-state index contributed by atoms with van der Waals surface area (Å²) < 4.78 is 10.4. The van der Waals surface area contributed by atoms with E-state index in [-0.39, 0.29) is 6.61 Å². The van der Waals surface area contributed by atoms with Crippen LogP contribution in [0.4, 0.5) is 0 Å². The molecule has 0 aliphatic rings. The molecule has 1 aromatic rings. The van der Waals surface area contributed by atoms with E-state index < -0.39 is 0 Å². The van der Waals surface area contributed by atoms with Crippen LogP contribution in [0.2, 0.25) is 5.02 Å². The van der Waals surface area contributed by atoms with Crippen molar-refractivity contribution in [3.05, 3.63) is 22.2 Å². The van der Waals surface area contributed by atoms with Gasteiger partial charge in [0.25, 0.3) is 0 Å². The van der Waals surface area contributed by atoms with Gasteiger partial charge in [-0.05, 0) is 18.6 Å². The van der Waals surface area contributed by atoms with Crippen molar-refractivity contribution in [1.29, 1.82) is 0 Å². The van der Waals surface area contributed by atoms with Crippen molar-refractivity contribution in [2.24, 2.45) is 5.90 Å². The fourth-order valence-electron chi connectivity index (χ4n) is 1.42. The van der Waals surface area contributed by atoms with Crippen LogP contribution in [0.5, 0.6) is 11.5 Å². The van der Waals surface area contributed by atoms with E-state index in [0.717, 1.165) is 5.56 Å². The van der Waals surface area contributed by atoms with Crippen molar-refractivity contribution in [1.82, 2.24) is 0 Å². The lowest BCUT2D eigenvalue weighted by Gasteiger charge is -2.14. The fourth-order valence-corrected chi connectivity index (χ4v) is 1.79. The zero-order chi connectivity index (χ0) is 11.4. The Hall–Kier alpha value is -0.970. The van der Waals surface area contributed by atoms with E-state index in [1.807, 2.05) is 13.0 Å². The maximum absolute atomic E-state index is 6.14. The van der Waals surface area contributed by atoms with Gasteiger partial charge in [0.2, 0.25) is 0 Å². The molecular formula is C10H14ClNO3. The minimum absolute atomic E-state index is 0.179. The molecule has 0 aromatic heterocycles. The number of hydrogen-bond donors (Lipinski definition) is 1. The van der Waals surface area contributed by atoms with Gasteiger partial charge in [-0.15, -0.1) is 0 Å². The van der Waals surface area contributed by atoms with Crippen LogP contribution in [0.3, 0.4) is 0 Å². The van der Waals surface area contributed by atoms with E-state index in [1.165, 1.54) is 0 Å². The molecule has 2 N–H and O–H groups in total. The summed E-state index contributed by atoms with van der Waals surface area (Å²) in [5.41, 5.74) is 1.59. The van der Waals surface area contributed by atoms with Gasteiger partial charge in [0, 0.05) is 5.56 Å². The molecule has 0 saturated carbocycles. The van der Waals surface area contributed by atoms with Gasteiger partial charge in [-0.25, -0.2) is 5.90 Å². The Balaban J connectivity index is 3.32. The Bertz CT molecular complexity index is 355. The third kappa shape index (κ3) is 2.34. The maximum atomic E-state index is 6.14. The third-order valence-electron chi connectivity index (χ3n) is 2.12. The molecule has 0 saturated heterocycles. The van der Waals surface area contributed by atoms with Crippen LogP contribution in [0.15, 0.2) is 6.07 Å². The van der Waals surface area contributed by atoms with Gasteiger partial charge < -0.3 is 9.47 Å². The molecule has 0 heterocycles. The SMILES string of the molecule is COc1cc(C)c(OC)c(Cl)c1CON. The van der Waals surface area contributed by atoms with E-state index in [1.54, 1.807) is 14.2 Å². The highest BCUT2D eigenvalue weighted by molar-refractivity contribution is 6.33. The molecule has 0 bridgehead atoms. The van der Waals surface area contributed by atoms with Crippen molar-refractivity contribution >= 4 is 11.6 Å². The molecule has 4 nitrogen and oxygen atoms in total. The quantitative estimate of drug-likeness (QED) is 0.806.